The van der Waals surface area contributed by atoms with Crippen LogP contribution in [-0.4, -0.2) is 29.8 Å². The third-order valence-electron chi connectivity index (χ3n) is 4.12. The highest BCUT2D eigenvalue weighted by Crippen LogP contribution is 2.40. The third-order valence-corrected chi connectivity index (χ3v) is 4.12. The molecule has 1 saturated carbocycles. The Kier molecular flexibility index (Phi) is 3.01. The van der Waals surface area contributed by atoms with Crippen molar-refractivity contribution in [1.82, 2.24) is 10.2 Å². The molecule has 0 aromatic heterocycles. The van der Waals surface area contributed by atoms with Gasteiger partial charge in [-0.05, 0) is 23.8 Å². The Morgan fingerprint density at radius 1 is 1.26 bits per heavy atom. The molecule has 3 atom stereocenters. The number of hydrogen-bond acceptors (Lipinski definition) is 2. The van der Waals surface area contributed by atoms with Crippen LogP contribution in [0.4, 0.5) is 0 Å². The van der Waals surface area contributed by atoms with Gasteiger partial charge in [-0.1, -0.05) is 37.3 Å². The second-order valence-corrected chi connectivity index (χ2v) is 5.55. The van der Waals surface area contributed by atoms with Crippen molar-refractivity contribution in [3.63, 3.8) is 0 Å². The van der Waals surface area contributed by atoms with E-state index < -0.39 is 6.04 Å². The van der Waals surface area contributed by atoms with Crippen LogP contribution in [0.1, 0.15) is 24.9 Å². The Hall–Kier alpha value is -1.84. The first-order valence-corrected chi connectivity index (χ1v) is 6.79. The van der Waals surface area contributed by atoms with Crippen molar-refractivity contribution in [3.05, 3.63) is 35.9 Å². The molecule has 100 valence electrons. The minimum Gasteiger partial charge on any atom is -0.345 e. The van der Waals surface area contributed by atoms with E-state index >= 15 is 0 Å². The lowest BCUT2D eigenvalue weighted by Crippen LogP contribution is -2.54. The number of rotatable bonds is 3. The summed E-state index contributed by atoms with van der Waals surface area (Å²) in [5, 5.41) is 2.69. The van der Waals surface area contributed by atoms with E-state index in [2.05, 4.69) is 12.2 Å². The molecule has 3 unspecified atom stereocenters. The maximum atomic E-state index is 12.1. The van der Waals surface area contributed by atoms with Crippen molar-refractivity contribution in [1.29, 1.82) is 0 Å². The first-order chi connectivity index (χ1) is 9.16. The van der Waals surface area contributed by atoms with E-state index in [0.717, 1.165) is 12.0 Å². The lowest BCUT2D eigenvalue weighted by molar-refractivity contribution is -0.146. The van der Waals surface area contributed by atoms with Gasteiger partial charge < -0.3 is 10.2 Å². The molecule has 1 aliphatic heterocycles. The molecule has 1 aliphatic carbocycles. The van der Waals surface area contributed by atoms with Crippen LogP contribution in [0.3, 0.4) is 0 Å². The molecular weight excluding hydrogens is 240 g/mol. The van der Waals surface area contributed by atoms with Crippen molar-refractivity contribution in [2.45, 2.75) is 19.4 Å². The van der Waals surface area contributed by atoms with Crippen LogP contribution in [-0.2, 0) is 9.59 Å². The van der Waals surface area contributed by atoms with E-state index in [1.807, 2.05) is 30.3 Å². The lowest BCUT2D eigenvalue weighted by Gasteiger charge is -2.35. The third kappa shape index (κ3) is 2.35. The van der Waals surface area contributed by atoms with Gasteiger partial charge in [-0.15, -0.1) is 0 Å². The molecule has 1 aromatic carbocycles. The Labute approximate surface area is 112 Å². The summed E-state index contributed by atoms with van der Waals surface area (Å²) in [5.41, 5.74) is 0.890. The molecule has 0 radical (unpaired) electrons. The first kappa shape index (κ1) is 12.2. The number of amides is 2. The van der Waals surface area contributed by atoms with Crippen LogP contribution in [0.15, 0.2) is 30.3 Å². The van der Waals surface area contributed by atoms with Crippen molar-refractivity contribution in [2.75, 3.05) is 13.1 Å². The number of nitrogens with one attached hydrogen (secondary N) is 1. The Bertz CT molecular complexity index is 500. The average molecular weight is 258 g/mol. The van der Waals surface area contributed by atoms with Gasteiger partial charge in [-0.2, -0.15) is 0 Å². The van der Waals surface area contributed by atoms with Crippen molar-refractivity contribution < 1.29 is 9.59 Å². The minimum atomic E-state index is -0.463. The standard InChI is InChI=1S/C15H18N2O2/c1-10-7-12(10)9-17-13(18)8-16-15(19)14(17)11-5-3-2-4-6-11/h2-6,10,12,14H,7-9H2,1H3,(H,16,19). The molecule has 1 saturated heterocycles. The molecule has 19 heavy (non-hydrogen) atoms. The summed E-state index contributed by atoms with van der Waals surface area (Å²) >= 11 is 0. The molecule has 0 bridgehead atoms. The molecule has 1 N–H and O–H groups in total. The summed E-state index contributed by atoms with van der Waals surface area (Å²) in [5.74, 6) is 1.18. The number of carbonyl (C=O) groups excluding carboxylic acids is 2. The van der Waals surface area contributed by atoms with Gasteiger partial charge in [0.05, 0.1) is 6.54 Å². The fourth-order valence-corrected chi connectivity index (χ4v) is 2.73. The summed E-state index contributed by atoms with van der Waals surface area (Å²) in [6.45, 7) is 3.02. The summed E-state index contributed by atoms with van der Waals surface area (Å²) in [4.78, 5) is 26.0. The van der Waals surface area contributed by atoms with Crippen LogP contribution in [0.5, 0.6) is 0 Å². The van der Waals surface area contributed by atoms with Gasteiger partial charge in [0.25, 0.3) is 0 Å². The first-order valence-electron chi connectivity index (χ1n) is 6.79. The lowest BCUT2D eigenvalue weighted by atomic mass is 10.0. The highest BCUT2D eigenvalue weighted by Gasteiger charge is 2.41. The van der Waals surface area contributed by atoms with Crippen LogP contribution in [0.2, 0.25) is 0 Å². The smallest absolute Gasteiger partial charge is 0.247 e. The fraction of sp³-hybridized carbons (Fsp3) is 0.467. The number of carbonyl (C=O) groups is 2. The number of hydrogen-bond donors (Lipinski definition) is 1. The van der Waals surface area contributed by atoms with Gasteiger partial charge in [0.1, 0.15) is 6.04 Å². The Balaban J connectivity index is 1.87. The largest absolute Gasteiger partial charge is 0.345 e. The summed E-state index contributed by atoms with van der Waals surface area (Å²) in [6, 6.07) is 9.08. The van der Waals surface area contributed by atoms with E-state index in [9.17, 15) is 9.59 Å². The van der Waals surface area contributed by atoms with Gasteiger partial charge in [0.2, 0.25) is 11.8 Å². The quantitative estimate of drug-likeness (QED) is 0.889. The monoisotopic (exact) mass is 258 g/mol. The van der Waals surface area contributed by atoms with Crippen molar-refractivity contribution in [3.8, 4) is 0 Å². The highest BCUT2D eigenvalue weighted by atomic mass is 16.2. The number of nitrogens with zero attached hydrogens (tertiary/aromatic N) is 1. The van der Waals surface area contributed by atoms with Gasteiger partial charge in [0.15, 0.2) is 0 Å². The normalized spacial score (nSPS) is 30.2. The fourth-order valence-electron chi connectivity index (χ4n) is 2.73. The van der Waals surface area contributed by atoms with Gasteiger partial charge in [-0.3, -0.25) is 9.59 Å². The summed E-state index contributed by atoms with van der Waals surface area (Å²) in [7, 11) is 0. The number of piperazine rings is 1. The van der Waals surface area contributed by atoms with Gasteiger partial charge in [0, 0.05) is 6.54 Å². The molecule has 4 heteroatoms. The molecule has 1 heterocycles. The van der Waals surface area contributed by atoms with Crippen molar-refractivity contribution >= 4 is 11.8 Å². The SMILES string of the molecule is CC1CC1CN1C(=O)CNC(=O)C1c1ccccc1. The maximum Gasteiger partial charge on any atom is 0.247 e. The van der Waals surface area contributed by atoms with E-state index in [0.29, 0.717) is 18.4 Å². The molecule has 2 aliphatic rings. The van der Waals surface area contributed by atoms with Crippen LogP contribution >= 0.6 is 0 Å². The highest BCUT2D eigenvalue weighted by molar-refractivity contribution is 5.95. The topological polar surface area (TPSA) is 49.4 Å². The summed E-state index contributed by atoms with van der Waals surface area (Å²) < 4.78 is 0. The minimum absolute atomic E-state index is 0.0209. The summed E-state index contributed by atoms with van der Waals surface area (Å²) in [6.07, 6.45) is 1.16. The molecule has 3 rings (SSSR count). The Morgan fingerprint density at radius 2 is 1.95 bits per heavy atom. The van der Waals surface area contributed by atoms with E-state index in [1.165, 1.54) is 0 Å². The maximum absolute atomic E-state index is 12.1. The molecular formula is C15H18N2O2. The van der Waals surface area contributed by atoms with Crippen molar-refractivity contribution in [2.24, 2.45) is 11.8 Å². The van der Waals surface area contributed by atoms with E-state index in [4.69, 9.17) is 0 Å². The van der Waals surface area contributed by atoms with Crippen LogP contribution in [0, 0.1) is 11.8 Å². The molecule has 1 aromatic rings. The zero-order valence-electron chi connectivity index (χ0n) is 11.0. The van der Waals surface area contributed by atoms with Crippen LogP contribution in [0.25, 0.3) is 0 Å². The molecule has 2 fully saturated rings. The van der Waals surface area contributed by atoms with Crippen LogP contribution < -0.4 is 5.32 Å². The molecule has 2 amide bonds. The number of benzene rings is 1. The zero-order valence-corrected chi connectivity index (χ0v) is 11.0. The van der Waals surface area contributed by atoms with Gasteiger partial charge >= 0.3 is 0 Å². The van der Waals surface area contributed by atoms with Gasteiger partial charge in [-0.25, -0.2) is 0 Å². The zero-order chi connectivity index (χ0) is 13.4. The second kappa shape index (κ2) is 4.68. The average Bonchev–Trinajstić information content (AvgIpc) is 3.11. The Morgan fingerprint density at radius 3 is 2.58 bits per heavy atom. The van der Waals surface area contributed by atoms with E-state index in [1.54, 1.807) is 4.90 Å². The predicted molar refractivity (Wildman–Crippen MR) is 71.2 cm³/mol. The van der Waals surface area contributed by atoms with E-state index in [-0.39, 0.29) is 18.4 Å². The molecule has 0 spiro atoms. The predicted octanol–water partition coefficient (Wildman–Crippen LogP) is 1.34. The molecule has 4 nitrogen and oxygen atoms in total. The second-order valence-electron chi connectivity index (χ2n) is 5.55.